The van der Waals surface area contributed by atoms with Crippen LogP contribution in [0.3, 0.4) is 0 Å². The average molecular weight is 356 g/mol. The maximum absolute atomic E-state index is 10.1. The first-order valence-electron chi connectivity index (χ1n) is 7.63. The fraction of sp³-hybridized carbons (Fsp3) is 0.111. The lowest BCUT2D eigenvalue weighted by Gasteiger charge is -2.18. The van der Waals surface area contributed by atoms with Crippen LogP contribution < -0.4 is 15.2 Å². The summed E-state index contributed by atoms with van der Waals surface area (Å²) in [5.74, 6) is 1.52. The van der Waals surface area contributed by atoms with Crippen molar-refractivity contribution in [2.45, 2.75) is 0 Å². The van der Waals surface area contributed by atoms with Crippen LogP contribution in [-0.4, -0.2) is 28.3 Å². The molecule has 1 aliphatic rings. The van der Waals surface area contributed by atoms with Crippen molar-refractivity contribution >= 4 is 17.5 Å². The highest BCUT2D eigenvalue weighted by Gasteiger charge is 2.15. The molecule has 0 saturated carbocycles. The first kappa shape index (κ1) is 15.5. The van der Waals surface area contributed by atoms with Crippen LogP contribution in [0.5, 0.6) is 17.2 Å². The summed E-state index contributed by atoms with van der Waals surface area (Å²) in [5, 5.41) is 10.6. The molecule has 126 valence electrons. The van der Waals surface area contributed by atoms with E-state index < -0.39 is 0 Å². The monoisotopic (exact) mass is 355 g/mol. The van der Waals surface area contributed by atoms with Gasteiger partial charge in [-0.05, 0) is 42.5 Å². The Bertz CT molecular complexity index is 962. The highest BCUT2D eigenvalue weighted by Crippen LogP contribution is 2.36. The van der Waals surface area contributed by atoms with Crippen LogP contribution in [0.2, 0.25) is 5.02 Å². The van der Waals surface area contributed by atoms with Crippen LogP contribution in [0, 0.1) is 0 Å². The summed E-state index contributed by atoms with van der Waals surface area (Å²) in [6.45, 7) is 1.04. The first-order chi connectivity index (χ1) is 12.1. The lowest BCUT2D eigenvalue weighted by molar-refractivity contribution is 0.171. The number of aromatic nitrogens is 2. The zero-order valence-electron chi connectivity index (χ0n) is 13.1. The average Bonchev–Trinajstić information content (AvgIpc) is 2.63. The zero-order valence-corrected chi connectivity index (χ0v) is 13.8. The van der Waals surface area contributed by atoms with Crippen molar-refractivity contribution in [3.05, 3.63) is 47.5 Å². The van der Waals surface area contributed by atoms with Gasteiger partial charge in [-0.1, -0.05) is 11.6 Å². The van der Waals surface area contributed by atoms with Crippen molar-refractivity contribution in [1.29, 1.82) is 0 Å². The highest BCUT2D eigenvalue weighted by molar-refractivity contribution is 6.30. The lowest BCUT2D eigenvalue weighted by atomic mass is 10.1. The molecule has 2 heterocycles. The second kappa shape index (κ2) is 6.14. The van der Waals surface area contributed by atoms with Crippen LogP contribution >= 0.6 is 11.6 Å². The van der Waals surface area contributed by atoms with Gasteiger partial charge in [0.25, 0.3) is 0 Å². The predicted molar refractivity (Wildman–Crippen MR) is 95.0 cm³/mol. The molecule has 0 radical (unpaired) electrons. The molecule has 3 aromatic rings. The summed E-state index contributed by atoms with van der Waals surface area (Å²) >= 11 is 6.03. The molecule has 0 amide bonds. The SMILES string of the molecule is Nc1nc(-c2ccc3c(c2)OCCO3)cc(-c2cc(Cl)ccc2O)n1. The molecule has 0 aliphatic carbocycles. The van der Waals surface area contributed by atoms with Crippen molar-refractivity contribution in [3.8, 4) is 39.8 Å². The summed E-state index contributed by atoms with van der Waals surface area (Å²) in [5.41, 5.74) is 8.25. The molecule has 1 aromatic heterocycles. The van der Waals surface area contributed by atoms with E-state index in [1.807, 2.05) is 18.2 Å². The largest absolute Gasteiger partial charge is 0.507 e. The number of hydrogen-bond donors (Lipinski definition) is 2. The minimum absolute atomic E-state index is 0.0654. The molecular formula is C18H14ClN3O3. The minimum Gasteiger partial charge on any atom is -0.507 e. The number of fused-ring (bicyclic) bond motifs is 1. The minimum atomic E-state index is 0.0654. The maximum Gasteiger partial charge on any atom is 0.221 e. The van der Waals surface area contributed by atoms with Gasteiger partial charge in [-0.25, -0.2) is 9.97 Å². The van der Waals surface area contributed by atoms with Crippen molar-refractivity contribution in [2.24, 2.45) is 0 Å². The van der Waals surface area contributed by atoms with E-state index in [4.69, 9.17) is 26.8 Å². The fourth-order valence-electron chi connectivity index (χ4n) is 2.67. The summed E-state index contributed by atoms with van der Waals surface area (Å²) in [4.78, 5) is 8.50. The quantitative estimate of drug-likeness (QED) is 0.731. The Morgan fingerprint density at radius 1 is 0.920 bits per heavy atom. The molecule has 25 heavy (non-hydrogen) atoms. The van der Waals surface area contributed by atoms with Gasteiger partial charge in [-0.2, -0.15) is 0 Å². The second-order valence-corrected chi connectivity index (χ2v) is 5.95. The molecule has 0 unspecified atom stereocenters. The number of hydrogen-bond acceptors (Lipinski definition) is 6. The number of rotatable bonds is 2. The number of nitrogens with zero attached hydrogens (tertiary/aromatic N) is 2. The molecule has 6 nitrogen and oxygen atoms in total. The lowest BCUT2D eigenvalue weighted by Crippen LogP contribution is -2.15. The molecule has 4 rings (SSSR count). The van der Waals surface area contributed by atoms with Gasteiger partial charge in [0, 0.05) is 16.1 Å². The van der Waals surface area contributed by atoms with Crippen molar-refractivity contribution in [3.63, 3.8) is 0 Å². The van der Waals surface area contributed by atoms with Gasteiger partial charge < -0.3 is 20.3 Å². The molecule has 3 N–H and O–H groups in total. The van der Waals surface area contributed by atoms with Gasteiger partial charge in [-0.15, -0.1) is 0 Å². The summed E-state index contributed by atoms with van der Waals surface area (Å²) < 4.78 is 11.1. The van der Waals surface area contributed by atoms with Crippen LogP contribution in [0.15, 0.2) is 42.5 Å². The number of phenols is 1. The Hall–Kier alpha value is -2.99. The molecule has 0 bridgehead atoms. The van der Waals surface area contributed by atoms with Gasteiger partial charge >= 0.3 is 0 Å². The van der Waals surface area contributed by atoms with E-state index in [0.717, 1.165) is 5.56 Å². The molecule has 7 heteroatoms. The number of anilines is 1. The number of nitrogen functional groups attached to an aromatic ring is 1. The van der Waals surface area contributed by atoms with Gasteiger partial charge in [0.1, 0.15) is 19.0 Å². The smallest absolute Gasteiger partial charge is 0.221 e. The van der Waals surface area contributed by atoms with Gasteiger partial charge in [0.05, 0.1) is 11.4 Å². The van der Waals surface area contributed by atoms with Crippen LogP contribution in [-0.2, 0) is 0 Å². The second-order valence-electron chi connectivity index (χ2n) is 5.52. The molecule has 0 fully saturated rings. The standard InChI is InChI=1S/C18H14ClN3O3/c19-11-2-3-15(23)12(8-11)14-9-13(21-18(20)22-14)10-1-4-16-17(7-10)25-6-5-24-16/h1-4,7-9,23H,5-6H2,(H2,20,21,22). The van der Waals surface area contributed by atoms with E-state index >= 15 is 0 Å². The van der Waals surface area contributed by atoms with E-state index in [9.17, 15) is 5.11 Å². The number of ether oxygens (including phenoxy) is 2. The highest BCUT2D eigenvalue weighted by atomic mass is 35.5. The third-order valence-electron chi connectivity index (χ3n) is 3.82. The number of phenolic OH excluding ortho intramolecular Hbond substituents is 1. The molecule has 2 aromatic carbocycles. The van der Waals surface area contributed by atoms with Crippen molar-refractivity contribution < 1.29 is 14.6 Å². The normalized spacial score (nSPS) is 12.8. The molecular weight excluding hydrogens is 342 g/mol. The number of halogens is 1. The summed E-state index contributed by atoms with van der Waals surface area (Å²) in [6, 6.07) is 12.0. The number of benzene rings is 2. The summed E-state index contributed by atoms with van der Waals surface area (Å²) in [7, 11) is 0. The van der Waals surface area contributed by atoms with Crippen molar-refractivity contribution in [1.82, 2.24) is 9.97 Å². The Morgan fingerprint density at radius 3 is 2.52 bits per heavy atom. The zero-order chi connectivity index (χ0) is 17.4. The predicted octanol–water partition coefficient (Wildman–Crippen LogP) is 3.52. The van der Waals surface area contributed by atoms with Gasteiger partial charge in [-0.3, -0.25) is 0 Å². The Morgan fingerprint density at radius 2 is 1.68 bits per heavy atom. The van der Waals surface area contributed by atoms with E-state index in [2.05, 4.69) is 9.97 Å². The molecule has 0 atom stereocenters. The van der Waals surface area contributed by atoms with E-state index in [1.54, 1.807) is 18.2 Å². The summed E-state index contributed by atoms with van der Waals surface area (Å²) in [6.07, 6.45) is 0. The maximum atomic E-state index is 10.1. The van der Waals surface area contributed by atoms with Gasteiger partial charge in [0.2, 0.25) is 5.95 Å². The Balaban J connectivity index is 1.81. The van der Waals surface area contributed by atoms with Crippen LogP contribution in [0.4, 0.5) is 5.95 Å². The molecule has 0 spiro atoms. The van der Waals surface area contributed by atoms with E-state index in [0.29, 0.717) is 46.7 Å². The van der Waals surface area contributed by atoms with Crippen LogP contribution in [0.25, 0.3) is 22.5 Å². The number of aromatic hydroxyl groups is 1. The Kier molecular flexibility index (Phi) is 3.82. The third kappa shape index (κ3) is 3.04. The van der Waals surface area contributed by atoms with Gasteiger partial charge in [0.15, 0.2) is 11.5 Å². The Labute approximate surface area is 148 Å². The molecule has 0 saturated heterocycles. The van der Waals surface area contributed by atoms with E-state index in [-0.39, 0.29) is 11.7 Å². The third-order valence-corrected chi connectivity index (χ3v) is 4.05. The number of nitrogens with two attached hydrogens (primary N) is 1. The topological polar surface area (TPSA) is 90.5 Å². The molecule has 1 aliphatic heterocycles. The van der Waals surface area contributed by atoms with Crippen molar-refractivity contribution in [2.75, 3.05) is 18.9 Å². The van der Waals surface area contributed by atoms with Crippen LogP contribution in [0.1, 0.15) is 0 Å². The first-order valence-corrected chi connectivity index (χ1v) is 8.01. The van der Waals surface area contributed by atoms with E-state index in [1.165, 1.54) is 6.07 Å². The fourth-order valence-corrected chi connectivity index (χ4v) is 2.84.